The zero-order valence-electron chi connectivity index (χ0n) is 20.7. The number of rotatable bonds is 9. The van der Waals surface area contributed by atoms with Crippen LogP contribution in [0.15, 0.2) is 95.4 Å². The first-order chi connectivity index (χ1) is 18.2. The van der Waals surface area contributed by atoms with Gasteiger partial charge in [-0.25, -0.2) is 0 Å². The molecular weight excluding hydrogens is 460 g/mol. The fourth-order valence-electron chi connectivity index (χ4n) is 4.69. The Morgan fingerprint density at radius 1 is 0.946 bits per heavy atom. The van der Waals surface area contributed by atoms with Crippen LogP contribution in [0.3, 0.4) is 0 Å². The molecule has 0 fully saturated rings. The van der Waals surface area contributed by atoms with Crippen LogP contribution in [0, 0.1) is 11.3 Å². The number of benzene rings is 4. The molecule has 1 atom stereocenters. The van der Waals surface area contributed by atoms with Gasteiger partial charge in [0.05, 0.1) is 11.6 Å². The maximum Gasteiger partial charge on any atom is 0.256 e. The van der Waals surface area contributed by atoms with Gasteiger partial charge >= 0.3 is 0 Å². The van der Waals surface area contributed by atoms with Gasteiger partial charge in [-0.05, 0) is 52.6 Å². The van der Waals surface area contributed by atoms with E-state index >= 15 is 0 Å². The molecule has 1 N–H and O–H groups in total. The van der Waals surface area contributed by atoms with E-state index in [-0.39, 0.29) is 18.6 Å². The van der Waals surface area contributed by atoms with Gasteiger partial charge in [-0.3, -0.25) is 4.79 Å². The minimum atomic E-state index is -0.347. The molecule has 0 aliphatic heterocycles. The Bertz CT molecular complexity index is 1580. The lowest BCUT2D eigenvalue weighted by atomic mass is 9.95. The number of hydrogen-bond donors (Lipinski definition) is 1. The molecule has 0 saturated heterocycles. The highest BCUT2D eigenvalue weighted by Gasteiger charge is 2.24. The molecule has 5 aromatic rings. The smallest absolute Gasteiger partial charge is 0.256 e. The fraction of sp³-hybridized carbons (Fsp3) is 0.188. The van der Waals surface area contributed by atoms with Crippen LogP contribution >= 0.6 is 0 Å². The normalized spacial score (nSPS) is 11.8. The second-order valence-corrected chi connectivity index (χ2v) is 9.03. The van der Waals surface area contributed by atoms with Crippen molar-refractivity contribution in [3.8, 4) is 11.8 Å². The Kier molecular flexibility index (Phi) is 7.19. The molecule has 5 nitrogen and oxygen atoms in total. The molecule has 5 rings (SSSR count). The SMILES string of the molecule is CCCCc1oc2ccccc2c1C(=O)NC(c1ccccc1)c1ccc2cc(OCC#N)ccc2c1. The third-order valence-electron chi connectivity index (χ3n) is 6.53. The average Bonchev–Trinajstić information content (AvgIpc) is 3.32. The van der Waals surface area contributed by atoms with E-state index in [9.17, 15) is 4.79 Å². The van der Waals surface area contributed by atoms with Crippen LogP contribution in [-0.2, 0) is 6.42 Å². The van der Waals surface area contributed by atoms with Gasteiger partial charge in [0.1, 0.15) is 23.2 Å². The van der Waals surface area contributed by atoms with E-state index in [1.54, 1.807) is 0 Å². The standard InChI is InChI=1S/C32H28N2O3/c1-2-3-12-29-30(27-11-7-8-13-28(27)37-29)32(35)34-31(22-9-5-4-6-10-22)25-15-14-24-21-26(36-19-18-33)17-16-23(24)20-25/h4-11,13-17,20-21,31H,2-3,12,19H2,1H3,(H,34,35). The zero-order chi connectivity index (χ0) is 25.6. The Labute approximate surface area is 216 Å². The van der Waals surface area contributed by atoms with Gasteiger partial charge in [-0.2, -0.15) is 5.26 Å². The van der Waals surface area contributed by atoms with Gasteiger partial charge in [0, 0.05) is 11.8 Å². The molecule has 1 amide bonds. The number of fused-ring (bicyclic) bond motifs is 2. The van der Waals surface area contributed by atoms with E-state index in [0.717, 1.165) is 57.9 Å². The van der Waals surface area contributed by atoms with Crippen LogP contribution in [0.4, 0.5) is 0 Å². The summed E-state index contributed by atoms with van der Waals surface area (Å²) >= 11 is 0. The largest absolute Gasteiger partial charge is 0.479 e. The Hall–Kier alpha value is -4.56. The van der Waals surface area contributed by atoms with E-state index in [0.29, 0.717) is 11.3 Å². The summed E-state index contributed by atoms with van der Waals surface area (Å²) in [7, 11) is 0. The van der Waals surface area contributed by atoms with E-state index in [4.69, 9.17) is 14.4 Å². The van der Waals surface area contributed by atoms with Gasteiger partial charge in [-0.1, -0.05) is 80.1 Å². The Morgan fingerprint density at radius 3 is 2.51 bits per heavy atom. The van der Waals surface area contributed by atoms with Gasteiger partial charge in [0.15, 0.2) is 6.61 Å². The third kappa shape index (κ3) is 5.19. The van der Waals surface area contributed by atoms with Crippen molar-refractivity contribution in [3.63, 3.8) is 0 Å². The van der Waals surface area contributed by atoms with E-state index < -0.39 is 0 Å². The molecule has 1 aromatic heterocycles. The summed E-state index contributed by atoms with van der Waals surface area (Å²) in [4.78, 5) is 13.9. The van der Waals surface area contributed by atoms with Crippen molar-refractivity contribution >= 4 is 27.6 Å². The summed E-state index contributed by atoms with van der Waals surface area (Å²) < 4.78 is 11.6. The van der Waals surface area contributed by atoms with Crippen LogP contribution < -0.4 is 10.1 Å². The highest BCUT2D eigenvalue weighted by molar-refractivity contribution is 6.07. The number of aryl methyl sites for hydroxylation is 1. The summed E-state index contributed by atoms with van der Waals surface area (Å²) in [6.45, 7) is 2.14. The van der Waals surface area contributed by atoms with E-state index in [1.165, 1.54) is 0 Å². The van der Waals surface area contributed by atoms with Gasteiger partial charge in [0.2, 0.25) is 0 Å². The monoisotopic (exact) mass is 488 g/mol. The molecule has 5 heteroatoms. The minimum absolute atomic E-state index is 0.00857. The van der Waals surface area contributed by atoms with Crippen molar-refractivity contribution in [2.45, 2.75) is 32.2 Å². The van der Waals surface area contributed by atoms with Crippen molar-refractivity contribution in [2.24, 2.45) is 0 Å². The highest BCUT2D eigenvalue weighted by Crippen LogP contribution is 2.31. The molecule has 0 radical (unpaired) electrons. The van der Waals surface area contributed by atoms with Crippen molar-refractivity contribution < 1.29 is 13.9 Å². The van der Waals surface area contributed by atoms with Crippen LogP contribution in [0.5, 0.6) is 5.75 Å². The Balaban J connectivity index is 1.53. The molecular formula is C32H28N2O3. The number of nitriles is 1. The van der Waals surface area contributed by atoms with Crippen LogP contribution in [0.1, 0.15) is 53.1 Å². The molecule has 0 aliphatic carbocycles. The van der Waals surface area contributed by atoms with E-state index in [2.05, 4.69) is 18.3 Å². The lowest BCUT2D eigenvalue weighted by molar-refractivity contribution is 0.0942. The zero-order valence-corrected chi connectivity index (χ0v) is 20.7. The molecule has 0 bridgehead atoms. The third-order valence-corrected chi connectivity index (χ3v) is 6.53. The first-order valence-electron chi connectivity index (χ1n) is 12.6. The molecule has 37 heavy (non-hydrogen) atoms. The second-order valence-electron chi connectivity index (χ2n) is 9.03. The van der Waals surface area contributed by atoms with Crippen LogP contribution in [-0.4, -0.2) is 12.5 Å². The highest BCUT2D eigenvalue weighted by atomic mass is 16.5. The fourth-order valence-corrected chi connectivity index (χ4v) is 4.69. The first kappa shape index (κ1) is 24.1. The summed E-state index contributed by atoms with van der Waals surface area (Å²) in [5.74, 6) is 1.24. The topological polar surface area (TPSA) is 75.3 Å². The summed E-state index contributed by atoms with van der Waals surface area (Å²) in [5, 5.41) is 15.0. The molecule has 1 heterocycles. The van der Waals surface area contributed by atoms with Crippen molar-refractivity contribution in [1.29, 1.82) is 5.26 Å². The number of unbranched alkanes of at least 4 members (excludes halogenated alkanes) is 1. The number of para-hydroxylation sites is 1. The lowest BCUT2D eigenvalue weighted by Gasteiger charge is -2.21. The molecule has 0 spiro atoms. The maximum atomic E-state index is 13.9. The summed E-state index contributed by atoms with van der Waals surface area (Å²) in [6, 6.07) is 31.2. The number of nitrogens with zero attached hydrogens (tertiary/aromatic N) is 1. The minimum Gasteiger partial charge on any atom is -0.479 e. The maximum absolute atomic E-state index is 13.9. The van der Waals surface area contributed by atoms with Crippen LogP contribution in [0.2, 0.25) is 0 Å². The van der Waals surface area contributed by atoms with Crippen molar-refractivity contribution in [1.82, 2.24) is 5.32 Å². The number of carbonyl (C=O) groups excluding carboxylic acids is 1. The predicted octanol–water partition coefficient (Wildman–Crippen LogP) is 7.35. The average molecular weight is 489 g/mol. The van der Waals surface area contributed by atoms with Crippen molar-refractivity contribution in [3.05, 3.63) is 113 Å². The first-order valence-corrected chi connectivity index (χ1v) is 12.6. The lowest BCUT2D eigenvalue weighted by Crippen LogP contribution is -2.29. The summed E-state index contributed by atoms with van der Waals surface area (Å²) in [5.41, 5.74) is 3.31. The summed E-state index contributed by atoms with van der Waals surface area (Å²) in [6.07, 6.45) is 2.69. The van der Waals surface area contributed by atoms with Gasteiger partial charge < -0.3 is 14.5 Å². The van der Waals surface area contributed by atoms with E-state index in [1.807, 2.05) is 91.0 Å². The number of furan rings is 1. The van der Waals surface area contributed by atoms with Crippen molar-refractivity contribution in [2.75, 3.05) is 6.61 Å². The molecule has 184 valence electrons. The van der Waals surface area contributed by atoms with Gasteiger partial charge in [-0.15, -0.1) is 0 Å². The number of nitrogens with one attached hydrogen (secondary N) is 1. The number of ether oxygens (including phenoxy) is 1. The molecule has 1 unspecified atom stereocenters. The predicted molar refractivity (Wildman–Crippen MR) is 146 cm³/mol. The second kappa shape index (κ2) is 11.0. The quantitative estimate of drug-likeness (QED) is 0.235. The number of amides is 1. The van der Waals surface area contributed by atoms with Gasteiger partial charge in [0.25, 0.3) is 5.91 Å². The molecule has 0 saturated carbocycles. The number of carbonyl (C=O) groups is 1. The molecule has 0 aliphatic rings. The number of hydrogen-bond acceptors (Lipinski definition) is 4. The molecule has 4 aromatic carbocycles. The van der Waals surface area contributed by atoms with Crippen LogP contribution in [0.25, 0.3) is 21.7 Å². The Morgan fingerprint density at radius 2 is 1.70 bits per heavy atom.